The van der Waals surface area contributed by atoms with Crippen molar-refractivity contribution in [1.29, 1.82) is 5.26 Å². The van der Waals surface area contributed by atoms with Gasteiger partial charge < -0.3 is 9.64 Å². The Morgan fingerprint density at radius 2 is 2.17 bits per heavy atom. The van der Waals surface area contributed by atoms with Crippen molar-refractivity contribution < 1.29 is 4.74 Å². The smallest absolute Gasteiger partial charge is 0.147 e. The van der Waals surface area contributed by atoms with Crippen molar-refractivity contribution in [2.24, 2.45) is 0 Å². The lowest BCUT2D eigenvalue weighted by Gasteiger charge is -2.30. The van der Waals surface area contributed by atoms with E-state index in [0.717, 1.165) is 23.6 Å². The van der Waals surface area contributed by atoms with Gasteiger partial charge in [0.1, 0.15) is 11.9 Å². The molecule has 1 aromatic heterocycles. The maximum atomic E-state index is 9.30. The maximum Gasteiger partial charge on any atom is 0.147 e. The van der Waals surface area contributed by atoms with Crippen molar-refractivity contribution in [3.05, 3.63) is 22.9 Å². The molecule has 0 N–H and O–H groups in total. The molecule has 4 nitrogen and oxygen atoms in total. The second kappa shape index (κ2) is 6.36. The van der Waals surface area contributed by atoms with Gasteiger partial charge in [0, 0.05) is 19.3 Å². The van der Waals surface area contributed by atoms with E-state index in [1.165, 1.54) is 0 Å². The van der Waals surface area contributed by atoms with Crippen molar-refractivity contribution in [2.75, 3.05) is 25.2 Å². The molecule has 1 heterocycles. The Balaban J connectivity index is 3.24. The summed E-state index contributed by atoms with van der Waals surface area (Å²) in [5.41, 5.74) is 2.57. The standard InChI is InChI=1S/C14H21N3O/c1-6-17(12(4)9-18-5)14-13(8-15)10(2)7-11(3)16-14/h7,12H,6,9H2,1-5H3. The van der Waals surface area contributed by atoms with Crippen LogP contribution in [0.5, 0.6) is 0 Å². The summed E-state index contributed by atoms with van der Waals surface area (Å²) >= 11 is 0. The van der Waals surface area contributed by atoms with Crippen LogP contribution in [0.4, 0.5) is 5.82 Å². The number of nitrogens with zero attached hydrogens (tertiary/aromatic N) is 3. The van der Waals surface area contributed by atoms with Crippen molar-refractivity contribution >= 4 is 5.82 Å². The van der Waals surface area contributed by atoms with Crippen LogP contribution in [-0.2, 0) is 4.74 Å². The summed E-state index contributed by atoms with van der Waals surface area (Å²) in [6, 6.07) is 4.39. The number of ether oxygens (including phenoxy) is 1. The molecule has 18 heavy (non-hydrogen) atoms. The molecule has 1 unspecified atom stereocenters. The van der Waals surface area contributed by atoms with E-state index in [2.05, 4.69) is 29.8 Å². The Morgan fingerprint density at radius 1 is 1.50 bits per heavy atom. The van der Waals surface area contributed by atoms with Crippen molar-refractivity contribution in [3.63, 3.8) is 0 Å². The van der Waals surface area contributed by atoms with E-state index in [0.29, 0.717) is 12.2 Å². The zero-order valence-corrected chi connectivity index (χ0v) is 11.8. The molecule has 0 bridgehead atoms. The minimum Gasteiger partial charge on any atom is -0.383 e. The SMILES string of the molecule is CCN(c1nc(C)cc(C)c1C#N)C(C)COC. The molecule has 0 saturated heterocycles. The molecule has 0 aliphatic carbocycles. The van der Waals surface area contributed by atoms with Gasteiger partial charge in [0.05, 0.1) is 18.2 Å². The lowest BCUT2D eigenvalue weighted by atomic mass is 10.1. The Morgan fingerprint density at radius 3 is 2.67 bits per heavy atom. The highest BCUT2D eigenvalue weighted by atomic mass is 16.5. The second-order valence-corrected chi connectivity index (χ2v) is 4.48. The average molecular weight is 247 g/mol. The number of likely N-dealkylation sites (N-methyl/N-ethyl adjacent to an activating group) is 1. The highest BCUT2D eigenvalue weighted by molar-refractivity contribution is 5.58. The average Bonchev–Trinajstić information content (AvgIpc) is 2.29. The minimum absolute atomic E-state index is 0.195. The molecule has 0 aliphatic rings. The van der Waals surface area contributed by atoms with Gasteiger partial charge in [-0.05, 0) is 39.3 Å². The molecule has 0 spiro atoms. The van der Waals surface area contributed by atoms with Gasteiger partial charge in [-0.2, -0.15) is 5.26 Å². The van der Waals surface area contributed by atoms with E-state index in [1.54, 1.807) is 7.11 Å². The lowest BCUT2D eigenvalue weighted by molar-refractivity contribution is 0.181. The molecule has 0 aliphatic heterocycles. The van der Waals surface area contributed by atoms with E-state index >= 15 is 0 Å². The molecule has 0 saturated carbocycles. The van der Waals surface area contributed by atoms with Crippen molar-refractivity contribution in [1.82, 2.24) is 4.98 Å². The molecule has 98 valence electrons. The van der Waals surface area contributed by atoms with E-state index in [4.69, 9.17) is 4.74 Å². The topological polar surface area (TPSA) is 49.2 Å². The van der Waals surface area contributed by atoms with Crippen LogP contribution in [0.25, 0.3) is 0 Å². The number of nitriles is 1. The van der Waals surface area contributed by atoms with E-state index in [-0.39, 0.29) is 6.04 Å². The number of aryl methyl sites for hydroxylation is 2. The third-order valence-electron chi connectivity index (χ3n) is 2.99. The second-order valence-electron chi connectivity index (χ2n) is 4.48. The lowest BCUT2D eigenvalue weighted by Crippen LogP contribution is -2.37. The highest BCUT2D eigenvalue weighted by Crippen LogP contribution is 2.23. The summed E-state index contributed by atoms with van der Waals surface area (Å²) in [7, 11) is 1.68. The van der Waals surface area contributed by atoms with Gasteiger partial charge in [-0.15, -0.1) is 0 Å². The first-order chi connectivity index (χ1) is 8.54. The normalized spacial score (nSPS) is 12.0. The number of hydrogen-bond acceptors (Lipinski definition) is 4. The van der Waals surface area contributed by atoms with Gasteiger partial charge in [-0.3, -0.25) is 0 Å². The molecule has 1 rings (SSSR count). The molecule has 0 fully saturated rings. The summed E-state index contributed by atoms with van der Waals surface area (Å²) in [5.74, 6) is 0.766. The number of pyridine rings is 1. The fraction of sp³-hybridized carbons (Fsp3) is 0.571. The number of rotatable bonds is 5. The quantitative estimate of drug-likeness (QED) is 0.802. The van der Waals surface area contributed by atoms with Crippen LogP contribution in [0.3, 0.4) is 0 Å². The van der Waals surface area contributed by atoms with Crippen LogP contribution >= 0.6 is 0 Å². The first kappa shape index (κ1) is 14.5. The van der Waals surface area contributed by atoms with Crippen LogP contribution in [0.2, 0.25) is 0 Å². The number of aromatic nitrogens is 1. The van der Waals surface area contributed by atoms with E-state index in [9.17, 15) is 5.26 Å². The minimum atomic E-state index is 0.195. The number of methoxy groups -OCH3 is 1. The van der Waals surface area contributed by atoms with Gasteiger partial charge in [0.2, 0.25) is 0 Å². The Hall–Kier alpha value is -1.60. The summed E-state index contributed by atoms with van der Waals surface area (Å²) in [6.45, 7) is 9.46. The number of hydrogen-bond donors (Lipinski definition) is 0. The third-order valence-corrected chi connectivity index (χ3v) is 2.99. The van der Waals surface area contributed by atoms with E-state index in [1.807, 2.05) is 19.9 Å². The van der Waals surface area contributed by atoms with Gasteiger partial charge in [0.15, 0.2) is 0 Å². The van der Waals surface area contributed by atoms with Crippen LogP contribution < -0.4 is 4.90 Å². The number of anilines is 1. The predicted octanol–water partition coefficient (Wildman–Crippen LogP) is 2.43. The first-order valence-electron chi connectivity index (χ1n) is 6.19. The molecular formula is C14H21N3O. The fourth-order valence-corrected chi connectivity index (χ4v) is 2.16. The summed E-state index contributed by atoms with van der Waals surface area (Å²) in [5, 5.41) is 9.30. The largest absolute Gasteiger partial charge is 0.383 e. The van der Waals surface area contributed by atoms with Gasteiger partial charge in [-0.25, -0.2) is 4.98 Å². The Bertz CT molecular complexity index is 451. The molecule has 0 aromatic carbocycles. The summed E-state index contributed by atoms with van der Waals surface area (Å²) in [6.07, 6.45) is 0. The maximum absolute atomic E-state index is 9.30. The van der Waals surface area contributed by atoms with Gasteiger partial charge in [-0.1, -0.05) is 0 Å². The Labute approximate surface area is 109 Å². The zero-order chi connectivity index (χ0) is 13.7. The van der Waals surface area contributed by atoms with Gasteiger partial charge >= 0.3 is 0 Å². The summed E-state index contributed by atoms with van der Waals surface area (Å²) in [4.78, 5) is 6.64. The molecule has 1 atom stereocenters. The van der Waals surface area contributed by atoms with E-state index < -0.39 is 0 Å². The van der Waals surface area contributed by atoms with Crippen LogP contribution in [0.15, 0.2) is 6.07 Å². The van der Waals surface area contributed by atoms with Crippen LogP contribution in [-0.4, -0.2) is 31.3 Å². The summed E-state index contributed by atoms with van der Waals surface area (Å²) < 4.78 is 5.19. The Kier molecular flexibility index (Phi) is 5.11. The van der Waals surface area contributed by atoms with Crippen LogP contribution in [0, 0.1) is 25.2 Å². The van der Waals surface area contributed by atoms with Crippen LogP contribution in [0.1, 0.15) is 30.7 Å². The zero-order valence-electron chi connectivity index (χ0n) is 11.8. The molecule has 0 radical (unpaired) electrons. The molecular weight excluding hydrogens is 226 g/mol. The predicted molar refractivity (Wildman–Crippen MR) is 72.8 cm³/mol. The van der Waals surface area contributed by atoms with Crippen molar-refractivity contribution in [3.8, 4) is 6.07 Å². The molecule has 4 heteroatoms. The van der Waals surface area contributed by atoms with Crippen molar-refractivity contribution in [2.45, 2.75) is 33.7 Å². The third kappa shape index (κ3) is 2.99. The fourth-order valence-electron chi connectivity index (χ4n) is 2.16. The first-order valence-corrected chi connectivity index (χ1v) is 6.19. The molecule has 1 aromatic rings. The monoisotopic (exact) mass is 247 g/mol. The van der Waals surface area contributed by atoms with Gasteiger partial charge in [0.25, 0.3) is 0 Å². The highest BCUT2D eigenvalue weighted by Gasteiger charge is 2.19. The molecule has 0 amide bonds.